The van der Waals surface area contributed by atoms with Crippen LogP contribution in [-0.2, 0) is 0 Å². The molecule has 7 rings (SSSR count). The molecule has 1 aliphatic carbocycles. The molecule has 2 atom stereocenters. The molecule has 0 spiro atoms. The monoisotopic (exact) mass is 609 g/mol. The van der Waals surface area contributed by atoms with Crippen LogP contribution in [0.15, 0.2) is 120 Å². The summed E-state index contributed by atoms with van der Waals surface area (Å²) in [5.41, 5.74) is 5.38. The Kier molecular flexibility index (Phi) is 7.38. The number of para-hydroxylation sites is 1. The van der Waals surface area contributed by atoms with Crippen LogP contribution in [0.2, 0.25) is 0 Å². The maximum absolute atomic E-state index is 14.7. The lowest BCUT2D eigenvalue weighted by Crippen LogP contribution is -2.32. The normalized spacial score (nSPS) is 18.3. The maximum atomic E-state index is 14.7. The average molecular weight is 610 g/mol. The van der Waals surface area contributed by atoms with Crippen LogP contribution in [0.4, 0.5) is 11.4 Å². The van der Waals surface area contributed by atoms with E-state index in [4.69, 9.17) is 10.1 Å². The zero-order valence-corrected chi connectivity index (χ0v) is 24.5. The highest BCUT2D eigenvalue weighted by Crippen LogP contribution is 2.46. The molecule has 1 saturated carbocycles. The number of nitro benzene ring substituents is 2. The van der Waals surface area contributed by atoms with Crippen LogP contribution in [0.1, 0.15) is 46.8 Å². The maximum Gasteiger partial charge on any atom is 0.275 e. The molecule has 10 nitrogen and oxygen atoms in total. The molecule has 10 heteroatoms. The number of carbonyl (C=O) groups is 1. The first kappa shape index (κ1) is 28.7. The van der Waals surface area contributed by atoms with E-state index in [0.717, 1.165) is 17.6 Å². The molecule has 0 radical (unpaired) electrons. The Balaban J connectivity index is 1.38. The van der Waals surface area contributed by atoms with E-state index in [1.54, 1.807) is 30.3 Å². The van der Waals surface area contributed by atoms with Crippen molar-refractivity contribution in [3.63, 3.8) is 0 Å². The number of nitro groups is 2. The van der Waals surface area contributed by atoms with Crippen LogP contribution in [0.3, 0.4) is 0 Å². The number of rotatable bonds is 6. The minimum absolute atomic E-state index is 0.0138. The number of amides is 1. The number of aromatic nitrogens is 1. The van der Waals surface area contributed by atoms with Gasteiger partial charge >= 0.3 is 0 Å². The van der Waals surface area contributed by atoms with Crippen LogP contribution in [0, 0.1) is 26.1 Å². The predicted octanol–water partition coefficient (Wildman–Crippen LogP) is 8.16. The molecule has 4 aromatic carbocycles. The number of hydrogen-bond donors (Lipinski definition) is 0. The molecule has 0 bridgehead atoms. The Labute approximate surface area is 263 Å². The zero-order chi connectivity index (χ0) is 31.8. The van der Waals surface area contributed by atoms with Gasteiger partial charge in [-0.2, -0.15) is 5.10 Å². The van der Waals surface area contributed by atoms with Gasteiger partial charge in [-0.3, -0.25) is 25.0 Å². The Morgan fingerprint density at radius 1 is 0.826 bits per heavy atom. The summed E-state index contributed by atoms with van der Waals surface area (Å²) in [4.78, 5) is 41.9. The number of hydrazone groups is 1. The standard InChI is InChI=1S/C36H27N5O5/c42-36(31-22-33(24-10-2-1-3-11-24)37-32-18-5-4-16-29(31)32)39-35(26-13-7-15-28(21-26)41(45)46)30-17-8-12-25(34(30)38-39)19-23-9-6-14-27(20-23)40(43)44/h1-7,9-11,13-16,18-22,30,35H,8,12,17H2/b25-19+/t30-,35-/m0/s1. The molecule has 0 N–H and O–H groups in total. The van der Waals surface area contributed by atoms with Gasteiger partial charge in [0, 0.05) is 41.1 Å². The number of nitrogens with zero attached hydrogens (tertiary/aromatic N) is 5. The van der Waals surface area contributed by atoms with Crippen LogP contribution in [-0.4, -0.2) is 31.5 Å². The third kappa shape index (κ3) is 5.30. The van der Waals surface area contributed by atoms with Gasteiger partial charge in [0.1, 0.15) is 0 Å². The number of hydrogen-bond acceptors (Lipinski definition) is 7. The Morgan fingerprint density at radius 2 is 1.54 bits per heavy atom. The van der Waals surface area contributed by atoms with E-state index in [2.05, 4.69) is 0 Å². The smallest absolute Gasteiger partial charge is 0.267 e. The summed E-state index contributed by atoms with van der Waals surface area (Å²) in [6, 6.07) is 31.1. The fourth-order valence-corrected chi connectivity index (χ4v) is 6.49. The molecule has 5 aromatic rings. The molecule has 1 fully saturated rings. The summed E-state index contributed by atoms with van der Waals surface area (Å²) in [5, 5.41) is 30.3. The van der Waals surface area contributed by atoms with Crippen molar-refractivity contribution in [2.45, 2.75) is 25.3 Å². The van der Waals surface area contributed by atoms with Gasteiger partial charge in [-0.1, -0.05) is 72.8 Å². The molecular weight excluding hydrogens is 582 g/mol. The van der Waals surface area contributed by atoms with Crippen LogP contribution in [0.25, 0.3) is 28.2 Å². The summed E-state index contributed by atoms with van der Waals surface area (Å²) >= 11 is 0. The van der Waals surface area contributed by atoms with Crippen molar-refractivity contribution < 1.29 is 14.6 Å². The van der Waals surface area contributed by atoms with E-state index >= 15 is 0 Å². The SMILES string of the molecule is O=C(c1cc(-c2ccccc2)nc2ccccc12)N1N=C2/C(=C/c3cccc([N+](=O)[O-])c3)CCC[C@@H]2[C@@H]1c1cccc([N+](=O)[O-])c1. The summed E-state index contributed by atoms with van der Waals surface area (Å²) in [7, 11) is 0. The fourth-order valence-electron chi connectivity index (χ4n) is 6.49. The fraction of sp³-hybridized carbons (Fsp3) is 0.139. The van der Waals surface area contributed by atoms with Crippen molar-refractivity contribution in [3.05, 3.63) is 152 Å². The predicted molar refractivity (Wildman–Crippen MR) is 175 cm³/mol. The molecule has 226 valence electrons. The molecule has 0 unspecified atom stereocenters. The summed E-state index contributed by atoms with van der Waals surface area (Å²) in [5.74, 6) is -0.574. The molecule has 1 amide bonds. The minimum Gasteiger partial charge on any atom is -0.267 e. The van der Waals surface area contributed by atoms with Gasteiger partial charge in [-0.15, -0.1) is 0 Å². The van der Waals surface area contributed by atoms with Crippen molar-refractivity contribution in [1.29, 1.82) is 0 Å². The van der Waals surface area contributed by atoms with Gasteiger partial charge in [0.25, 0.3) is 17.3 Å². The minimum atomic E-state index is -0.594. The summed E-state index contributed by atoms with van der Waals surface area (Å²) in [6.45, 7) is 0. The molecule has 2 heterocycles. The van der Waals surface area contributed by atoms with Crippen LogP contribution < -0.4 is 0 Å². The Morgan fingerprint density at radius 3 is 2.33 bits per heavy atom. The van der Waals surface area contributed by atoms with E-state index in [-0.39, 0.29) is 23.2 Å². The van der Waals surface area contributed by atoms with Crippen LogP contribution >= 0.6 is 0 Å². The van der Waals surface area contributed by atoms with Gasteiger partial charge in [0.2, 0.25) is 0 Å². The molecule has 2 aliphatic rings. The third-order valence-electron chi connectivity index (χ3n) is 8.57. The summed E-state index contributed by atoms with van der Waals surface area (Å²) < 4.78 is 0. The van der Waals surface area contributed by atoms with Gasteiger partial charge < -0.3 is 0 Å². The van der Waals surface area contributed by atoms with E-state index < -0.39 is 15.9 Å². The largest absolute Gasteiger partial charge is 0.275 e. The highest BCUT2D eigenvalue weighted by Gasteiger charge is 2.44. The number of benzene rings is 4. The first-order chi connectivity index (χ1) is 22.4. The molecular formula is C36H27N5O5. The first-order valence-corrected chi connectivity index (χ1v) is 14.9. The van der Waals surface area contributed by atoms with Crippen molar-refractivity contribution >= 4 is 40.0 Å². The zero-order valence-electron chi connectivity index (χ0n) is 24.5. The lowest BCUT2D eigenvalue weighted by molar-refractivity contribution is -0.385. The van der Waals surface area contributed by atoms with Gasteiger partial charge in [-0.05, 0) is 54.2 Å². The van der Waals surface area contributed by atoms with Crippen molar-refractivity contribution in [2.75, 3.05) is 0 Å². The molecule has 1 aromatic heterocycles. The number of carbonyl (C=O) groups excluding carboxylic acids is 1. The van der Waals surface area contributed by atoms with Gasteiger partial charge in [-0.25, -0.2) is 9.99 Å². The number of non-ortho nitro benzene ring substituents is 2. The topological polar surface area (TPSA) is 132 Å². The molecule has 1 aliphatic heterocycles. The van der Waals surface area contributed by atoms with E-state index in [0.29, 0.717) is 51.8 Å². The first-order valence-electron chi connectivity index (χ1n) is 14.9. The van der Waals surface area contributed by atoms with E-state index in [1.165, 1.54) is 29.3 Å². The number of fused-ring (bicyclic) bond motifs is 2. The van der Waals surface area contributed by atoms with Crippen molar-refractivity contribution in [2.24, 2.45) is 11.0 Å². The summed E-state index contributed by atoms with van der Waals surface area (Å²) in [6.07, 6.45) is 4.09. The van der Waals surface area contributed by atoms with Gasteiger partial charge in [0.15, 0.2) is 0 Å². The van der Waals surface area contributed by atoms with E-state index in [9.17, 15) is 25.0 Å². The van der Waals surface area contributed by atoms with Crippen molar-refractivity contribution in [3.8, 4) is 11.3 Å². The van der Waals surface area contributed by atoms with E-state index in [1.807, 2.05) is 60.7 Å². The number of allylic oxidation sites excluding steroid dienone is 1. The molecule has 0 saturated heterocycles. The lowest BCUT2D eigenvalue weighted by atomic mass is 9.77. The lowest BCUT2D eigenvalue weighted by Gasteiger charge is -2.29. The highest BCUT2D eigenvalue weighted by atomic mass is 16.6. The average Bonchev–Trinajstić information content (AvgIpc) is 3.49. The highest BCUT2D eigenvalue weighted by molar-refractivity contribution is 6.12. The quantitative estimate of drug-likeness (QED) is 0.141. The third-order valence-corrected chi connectivity index (χ3v) is 8.57. The molecule has 46 heavy (non-hydrogen) atoms. The second-order valence-corrected chi connectivity index (χ2v) is 11.4. The Bertz CT molecular complexity index is 2090. The van der Waals surface area contributed by atoms with Crippen molar-refractivity contribution in [1.82, 2.24) is 9.99 Å². The van der Waals surface area contributed by atoms with Gasteiger partial charge in [0.05, 0.1) is 38.4 Å². The second-order valence-electron chi connectivity index (χ2n) is 11.4. The Hall–Kier alpha value is -6.03. The number of pyridine rings is 1. The second kappa shape index (κ2) is 11.8. The van der Waals surface area contributed by atoms with Crippen LogP contribution in [0.5, 0.6) is 0 Å².